The minimum atomic E-state index is -0.231. The molecule has 0 bridgehead atoms. The smallest absolute Gasteiger partial charge is 0.123 e. The third kappa shape index (κ3) is 2.46. The summed E-state index contributed by atoms with van der Waals surface area (Å²) in [5, 5.41) is 1.73. The Bertz CT molecular complexity index is 467. The predicted octanol–water partition coefficient (Wildman–Crippen LogP) is 4.61. The highest BCUT2D eigenvalue weighted by atomic mass is 79.9. The van der Waals surface area contributed by atoms with Crippen LogP contribution in [0.1, 0.15) is 5.01 Å². The molecule has 1 heterocycles. The molecule has 1 nitrogen and oxygen atoms in total. The average molecular weight is 351 g/mol. The van der Waals surface area contributed by atoms with Crippen molar-refractivity contribution in [2.24, 2.45) is 0 Å². The van der Waals surface area contributed by atoms with Crippen LogP contribution < -0.4 is 0 Å². The maximum absolute atomic E-state index is 12.7. The molecular formula is C10H6Br2FNS. The molecule has 1 aromatic heterocycles. The van der Waals surface area contributed by atoms with Gasteiger partial charge in [-0.15, -0.1) is 11.3 Å². The van der Waals surface area contributed by atoms with Gasteiger partial charge in [-0.1, -0.05) is 15.9 Å². The normalized spacial score (nSPS) is 10.6. The van der Waals surface area contributed by atoms with Crippen molar-refractivity contribution in [1.82, 2.24) is 4.98 Å². The van der Waals surface area contributed by atoms with Gasteiger partial charge in [0.1, 0.15) is 10.8 Å². The lowest BCUT2D eigenvalue weighted by Gasteiger charge is -1.96. The van der Waals surface area contributed by atoms with Gasteiger partial charge in [0, 0.05) is 5.56 Å². The number of rotatable bonds is 2. The molecule has 2 rings (SSSR count). The van der Waals surface area contributed by atoms with Crippen LogP contribution in [0.3, 0.4) is 0 Å². The van der Waals surface area contributed by atoms with E-state index in [4.69, 9.17) is 0 Å². The second-order valence-corrected chi connectivity index (χ2v) is 5.83. The Morgan fingerprint density at radius 1 is 1.27 bits per heavy atom. The Kier molecular flexibility index (Phi) is 3.53. The summed E-state index contributed by atoms with van der Waals surface area (Å²) in [5.41, 5.74) is 1.79. The van der Waals surface area contributed by atoms with Gasteiger partial charge in [-0.2, -0.15) is 0 Å². The fourth-order valence-corrected chi connectivity index (χ4v) is 3.19. The van der Waals surface area contributed by atoms with Crippen molar-refractivity contribution < 1.29 is 4.39 Å². The molecule has 0 aliphatic carbocycles. The van der Waals surface area contributed by atoms with Crippen molar-refractivity contribution in [2.75, 3.05) is 0 Å². The minimum Gasteiger partial charge on any atom is -0.239 e. The Labute approximate surface area is 108 Å². The first-order valence-electron chi connectivity index (χ1n) is 4.18. The number of hydrogen-bond donors (Lipinski definition) is 0. The molecule has 0 fully saturated rings. The van der Waals surface area contributed by atoms with E-state index in [1.807, 2.05) is 0 Å². The van der Waals surface area contributed by atoms with Crippen molar-refractivity contribution in [3.8, 4) is 11.3 Å². The lowest BCUT2D eigenvalue weighted by molar-refractivity contribution is 0.628. The molecular weight excluding hydrogens is 345 g/mol. The SMILES string of the molecule is Fc1ccc(-c2nc(CBr)sc2Br)cc1. The molecule has 0 spiro atoms. The number of hydrogen-bond acceptors (Lipinski definition) is 2. The fourth-order valence-electron chi connectivity index (χ4n) is 1.19. The fraction of sp³-hybridized carbons (Fsp3) is 0.100. The molecule has 15 heavy (non-hydrogen) atoms. The third-order valence-electron chi connectivity index (χ3n) is 1.86. The molecule has 1 aromatic carbocycles. The van der Waals surface area contributed by atoms with E-state index in [-0.39, 0.29) is 5.82 Å². The number of aromatic nitrogens is 1. The van der Waals surface area contributed by atoms with E-state index in [0.29, 0.717) is 0 Å². The van der Waals surface area contributed by atoms with Gasteiger partial charge in [-0.3, -0.25) is 0 Å². The van der Waals surface area contributed by atoms with Crippen molar-refractivity contribution >= 4 is 43.2 Å². The summed E-state index contributed by atoms with van der Waals surface area (Å²) < 4.78 is 13.7. The van der Waals surface area contributed by atoms with Crippen LogP contribution in [0.2, 0.25) is 0 Å². The monoisotopic (exact) mass is 349 g/mol. The van der Waals surface area contributed by atoms with Gasteiger partial charge < -0.3 is 0 Å². The highest BCUT2D eigenvalue weighted by Gasteiger charge is 2.10. The first-order valence-corrected chi connectivity index (χ1v) is 6.91. The molecule has 78 valence electrons. The molecule has 0 N–H and O–H groups in total. The topological polar surface area (TPSA) is 12.9 Å². The summed E-state index contributed by atoms with van der Waals surface area (Å²) >= 11 is 8.39. The van der Waals surface area contributed by atoms with Crippen LogP contribution in [0.25, 0.3) is 11.3 Å². The van der Waals surface area contributed by atoms with E-state index < -0.39 is 0 Å². The van der Waals surface area contributed by atoms with E-state index in [9.17, 15) is 4.39 Å². The standard InChI is InChI=1S/C10H6Br2FNS/c11-5-8-14-9(10(12)15-8)6-1-3-7(13)4-2-6/h1-4H,5H2. The van der Waals surface area contributed by atoms with Gasteiger partial charge in [-0.25, -0.2) is 9.37 Å². The highest BCUT2D eigenvalue weighted by Crippen LogP contribution is 2.33. The molecule has 0 aliphatic rings. The number of thiazole rings is 1. The van der Waals surface area contributed by atoms with Gasteiger partial charge >= 0.3 is 0 Å². The maximum Gasteiger partial charge on any atom is 0.123 e. The zero-order valence-corrected chi connectivity index (χ0v) is 11.5. The summed E-state index contributed by atoms with van der Waals surface area (Å²) in [7, 11) is 0. The van der Waals surface area contributed by atoms with E-state index in [0.717, 1.165) is 25.4 Å². The van der Waals surface area contributed by atoms with E-state index in [2.05, 4.69) is 36.8 Å². The Balaban J connectivity index is 2.44. The second-order valence-electron chi connectivity index (χ2n) is 2.87. The van der Waals surface area contributed by atoms with Gasteiger partial charge in [0.2, 0.25) is 0 Å². The summed E-state index contributed by atoms with van der Waals surface area (Å²) in [5.74, 6) is -0.231. The van der Waals surface area contributed by atoms with Crippen molar-refractivity contribution in [1.29, 1.82) is 0 Å². The molecule has 0 unspecified atom stereocenters. The minimum absolute atomic E-state index is 0.231. The Morgan fingerprint density at radius 3 is 2.47 bits per heavy atom. The Hall–Kier alpha value is -0.260. The average Bonchev–Trinajstić information content (AvgIpc) is 2.61. The van der Waals surface area contributed by atoms with Gasteiger partial charge in [0.25, 0.3) is 0 Å². The summed E-state index contributed by atoms with van der Waals surface area (Å²) in [6.45, 7) is 0. The zero-order valence-electron chi connectivity index (χ0n) is 7.51. The van der Waals surface area contributed by atoms with Gasteiger partial charge in [0.05, 0.1) is 14.8 Å². The first kappa shape index (κ1) is 11.2. The van der Waals surface area contributed by atoms with Crippen LogP contribution in [-0.2, 0) is 5.33 Å². The van der Waals surface area contributed by atoms with E-state index >= 15 is 0 Å². The molecule has 0 atom stereocenters. The van der Waals surface area contributed by atoms with E-state index in [1.54, 1.807) is 23.5 Å². The first-order chi connectivity index (χ1) is 7.20. The summed E-state index contributed by atoms with van der Waals surface area (Å²) in [6, 6.07) is 6.34. The largest absolute Gasteiger partial charge is 0.239 e. The number of halogens is 3. The molecule has 0 radical (unpaired) electrons. The third-order valence-corrected chi connectivity index (χ3v) is 4.47. The molecule has 0 amide bonds. The number of alkyl halides is 1. The zero-order chi connectivity index (χ0) is 10.8. The van der Waals surface area contributed by atoms with E-state index in [1.165, 1.54) is 12.1 Å². The molecule has 2 aromatic rings. The molecule has 0 aliphatic heterocycles. The van der Waals surface area contributed by atoms with Gasteiger partial charge in [-0.05, 0) is 40.2 Å². The van der Waals surface area contributed by atoms with Crippen LogP contribution in [0.15, 0.2) is 28.1 Å². The highest BCUT2D eigenvalue weighted by molar-refractivity contribution is 9.11. The summed E-state index contributed by atoms with van der Waals surface area (Å²) in [4.78, 5) is 4.43. The molecule has 0 saturated carbocycles. The van der Waals surface area contributed by atoms with Crippen LogP contribution in [0.5, 0.6) is 0 Å². The van der Waals surface area contributed by atoms with Crippen LogP contribution in [-0.4, -0.2) is 4.98 Å². The van der Waals surface area contributed by atoms with Crippen molar-refractivity contribution in [3.05, 3.63) is 38.9 Å². The number of nitrogens with zero attached hydrogens (tertiary/aromatic N) is 1. The lowest BCUT2D eigenvalue weighted by Crippen LogP contribution is -1.81. The van der Waals surface area contributed by atoms with Crippen molar-refractivity contribution in [2.45, 2.75) is 5.33 Å². The lowest BCUT2D eigenvalue weighted by atomic mass is 10.2. The van der Waals surface area contributed by atoms with Crippen LogP contribution >= 0.6 is 43.2 Å². The maximum atomic E-state index is 12.7. The Morgan fingerprint density at radius 2 is 1.93 bits per heavy atom. The summed E-state index contributed by atoms with van der Waals surface area (Å²) in [6.07, 6.45) is 0. The number of benzene rings is 1. The second kappa shape index (κ2) is 4.72. The molecule has 0 saturated heterocycles. The quantitative estimate of drug-likeness (QED) is 0.721. The molecule has 5 heteroatoms. The van der Waals surface area contributed by atoms with Crippen LogP contribution in [0, 0.1) is 5.82 Å². The van der Waals surface area contributed by atoms with Crippen molar-refractivity contribution in [3.63, 3.8) is 0 Å². The predicted molar refractivity (Wildman–Crippen MR) is 67.8 cm³/mol. The van der Waals surface area contributed by atoms with Gasteiger partial charge in [0.15, 0.2) is 0 Å². The van der Waals surface area contributed by atoms with Crippen LogP contribution in [0.4, 0.5) is 4.39 Å².